The van der Waals surface area contributed by atoms with Crippen LogP contribution in [0.5, 0.6) is 5.75 Å². The summed E-state index contributed by atoms with van der Waals surface area (Å²) in [7, 11) is 1.57. The number of anilines is 1. The third kappa shape index (κ3) is 3.65. The summed E-state index contributed by atoms with van der Waals surface area (Å²) in [5, 5.41) is 2.51. The van der Waals surface area contributed by atoms with Crippen molar-refractivity contribution >= 4 is 17.5 Å². The van der Waals surface area contributed by atoms with Gasteiger partial charge in [0.15, 0.2) is 5.75 Å². The van der Waals surface area contributed by atoms with Crippen molar-refractivity contribution in [3.63, 3.8) is 0 Å². The molecule has 6 nitrogen and oxygen atoms in total. The molecule has 0 fully saturated rings. The third-order valence-corrected chi connectivity index (χ3v) is 2.38. The highest BCUT2D eigenvalue weighted by molar-refractivity contribution is 5.97. The summed E-state index contributed by atoms with van der Waals surface area (Å²) in [4.78, 5) is 22.2. The number of benzene rings is 1. The van der Waals surface area contributed by atoms with Crippen LogP contribution < -0.4 is 21.5 Å². The molecule has 0 unspecified atom stereocenters. The molecule has 0 aromatic heterocycles. The molecule has 0 radical (unpaired) electrons. The molecule has 0 saturated heterocycles. The molecule has 0 aliphatic rings. The van der Waals surface area contributed by atoms with Crippen LogP contribution in [0, 0.1) is 0 Å². The molecule has 1 aromatic carbocycles. The second-order valence-electron chi connectivity index (χ2n) is 3.71. The van der Waals surface area contributed by atoms with Gasteiger partial charge in [-0.2, -0.15) is 0 Å². The van der Waals surface area contributed by atoms with Gasteiger partial charge >= 0.3 is 0 Å². The Balaban J connectivity index is 2.61. The Morgan fingerprint density at radius 3 is 2.72 bits per heavy atom. The highest BCUT2D eigenvalue weighted by atomic mass is 16.5. The number of nitrogen functional groups attached to an aromatic ring is 1. The molecule has 5 N–H and O–H groups in total. The lowest BCUT2D eigenvalue weighted by Gasteiger charge is -2.11. The fraction of sp³-hybridized carbons (Fsp3) is 0.333. The summed E-state index contributed by atoms with van der Waals surface area (Å²) in [6, 6.07) is 4.81. The normalized spacial score (nSPS) is 9.83. The van der Waals surface area contributed by atoms with E-state index in [0.29, 0.717) is 25.1 Å². The lowest BCUT2D eigenvalue weighted by molar-refractivity contribution is -0.120. The third-order valence-electron chi connectivity index (χ3n) is 2.38. The summed E-state index contributed by atoms with van der Waals surface area (Å²) in [5.74, 6) is -0.375. The van der Waals surface area contributed by atoms with Crippen molar-refractivity contribution in [2.24, 2.45) is 5.73 Å². The molecule has 1 rings (SSSR count). The van der Waals surface area contributed by atoms with E-state index in [1.807, 2.05) is 0 Å². The Morgan fingerprint density at radius 1 is 1.39 bits per heavy atom. The number of ether oxygens (including phenoxy) is 1. The van der Waals surface area contributed by atoms with Crippen molar-refractivity contribution in [3.8, 4) is 5.75 Å². The number of amides is 2. The van der Waals surface area contributed by atoms with E-state index in [9.17, 15) is 9.59 Å². The van der Waals surface area contributed by atoms with Crippen LogP contribution in [0.3, 0.4) is 0 Å². The molecule has 0 aliphatic carbocycles. The smallest absolute Gasteiger partial charge is 0.252 e. The molecule has 0 saturated carbocycles. The van der Waals surface area contributed by atoms with Crippen LogP contribution in [0.15, 0.2) is 18.2 Å². The average Bonchev–Trinajstić information content (AvgIpc) is 2.35. The van der Waals surface area contributed by atoms with E-state index in [2.05, 4.69) is 5.32 Å². The average molecular weight is 251 g/mol. The topological polar surface area (TPSA) is 107 Å². The zero-order valence-electron chi connectivity index (χ0n) is 10.2. The quantitative estimate of drug-likeness (QED) is 0.498. The van der Waals surface area contributed by atoms with Crippen LogP contribution in [-0.2, 0) is 4.79 Å². The van der Waals surface area contributed by atoms with Gasteiger partial charge in [-0.05, 0) is 18.6 Å². The molecule has 0 spiro atoms. The Morgan fingerprint density at radius 2 is 2.11 bits per heavy atom. The van der Waals surface area contributed by atoms with Crippen LogP contribution >= 0.6 is 0 Å². The number of rotatable bonds is 6. The Labute approximate surface area is 105 Å². The maximum absolute atomic E-state index is 11.2. The molecular weight excluding hydrogens is 234 g/mol. The fourth-order valence-corrected chi connectivity index (χ4v) is 1.44. The van der Waals surface area contributed by atoms with Crippen LogP contribution in [-0.4, -0.2) is 25.5 Å². The first-order valence-corrected chi connectivity index (χ1v) is 5.58. The number of nitrogens with two attached hydrogens (primary N) is 2. The maximum Gasteiger partial charge on any atom is 0.252 e. The minimum absolute atomic E-state index is 0.0604. The zero-order valence-corrected chi connectivity index (χ0v) is 10.2. The van der Waals surface area contributed by atoms with Crippen molar-refractivity contribution in [1.29, 1.82) is 0 Å². The first-order chi connectivity index (χ1) is 8.56. The standard InChI is InChI=1S/C12H17N3O3/c1-15-10(16)6-3-7-18-11-8(12(14)17)4-2-5-9(11)13/h2,4-5H,3,6-7,13H2,1H3,(H2,14,17)(H,15,16). The van der Waals surface area contributed by atoms with Gasteiger partial charge in [0.1, 0.15) is 0 Å². The summed E-state index contributed by atoms with van der Waals surface area (Å²) in [5.41, 5.74) is 11.5. The van der Waals surface area contributed by atoms with E-state index < -0.39 is 5.91 Å². The number of nitrogens with one attached hydrogen (secondary N) is 1. The van der Waals surface area contributed by atoms with E-state index in [-0.39, 0.29) is 17.2 Å². The van der Waals surface area contributed by atoms with Crippen molar-refractivity contribution in [2.45, 2.75) is 12.8 Å². The first-order valence-electron chi connectivity index (χ1n) is 5.58. The van der Waals surface area contributed by atoms with Gasteiger partial charge in [0.2, 0.25) is 5.91 Å². The van der Waals surface area contributed by atoms with Crippen LogP contribution in [0.4, 0.5) is 5.69 Å². The highest BCUT2D eigenvalue weighted by Crippen LogP contribution is 2.26. The number of para-hydroxylation sites is 1. The highest BCUT2D eigenvalue weighted by Gasteiger charge is 2.12. The van der Waals surface area contributed by atoms with Gasteiger partial charge in [-0.1, -0.05) is 6.07 Å². The number of carbonyl (C=O) groups is 2. The summed E-state index contributed by atoms with van der Waals surface area (Å²) >= 11 is 0. The molecule has 0 atom stereocenters. The molecule has 0 heterocycles. The predicted octanol–water partition coefficient (Wildman–Crippen LogP) is 0.273. The number of hydrogen-bond acceptors (Lipinski definition) is 4. The molecule has 1 aromatic rings. The van der Waals surface area contributed by atoms with Gasteiger partial charge in [-0.15, -0.1) is 0 Å². The van der Waals surface area contributed by atoms with Gasteiger partial charge in [0.05, 0.1) is 17.9 Å². The van der Waals surface area contributed by atoms with Gasteiger partial charge in [0.25, 0.3) is 5.91 Å². The van der Waals surface area contributed by atoms with Crippen molar-refractivity contribution < 1.29 is 14.3 Å². The Kier molecular flexibility index (Phi) is 4.98. The fourth-order valence-electron chi connectivity index (χ4n) is 1.44. The second-order valence-corrected chi connectivity index (χ2v) is 3.71. The van der Waals surface area contributed by atoms with Gasteiger partial charge in [-0.25, -0.2) is 0 Å². The summed E-state index contributed by atoms with van der Waals surface area (Å²) < 4.78 is 5.42. The second kappa shape index (κ2) is 6.48. The van der Waals surface area contributed by atoms with Crippen LogP contribution in [0.1, 0.15) is 23.2 Å². The maximum atomic E-state index is 11.2. The summed E-state index contributed by atoms with van der Waals surface area (Å²) in [6.45, 7) is 0.294. The molecule has 98 valence electrons. The van der Waals surface area contributed by atoms with E-state index in [4.69, 9.17) is 16.2 Å². The van der Waals surface area contributed by atoms with Crippen molar-refractivity contribution in [3.05, 3.63) is 23.8 Å². The van der Waals surface area contributed by atoms with Gasteiger partial charge < -0.3 is 21.5 Å². The minimum atomic E-state index is -0.594. The minimum Gasteiger partial charge on any atom is -0.491 e. The lowest BCUT2D eigenvalue weighted by atomic mass is 10.1. The monoisotopic (exact) mass is 251 g/mol. The van der Waals surface area contributed by atoms with Crippen LogP contribution in [0.2, 0.25) is 0 Å². The molecule has 2 amide bonds. The van der Waals surface area contributed by atoms with E-state index in [1.54, 1.807) is 25.2 Å². The summed E-state index contributed by atoms with van der Waals surface area (Å²) in [6.07, 6.45) is 0.890. The van der Waals surface area contributed by atoms with Crippen molar-refractivity contribution in [2.75, 3.05) is 19.4 Å². The van der Waals surface area contributed by atoms with E-state index >= 15 is 0 Å². The molecule has 18 heavy (non-hydrogen) atoms. The molecule has 6 heteroatoms. The number of primary amides is 1. The van der Waals surface area contributed by atoms with Gasteiger partial charge in [-0.3, -0.25) is 9.59 Å². The number of carbonyl (C=O) groups excluding carboxylic acids is 2. The largest absolute Gasteiger partial charge is 0.491 e. The van der Waals surface area contributed by atoms with E-state index in [1.165, 1.54) is 0 Å². The first kappa shape index (κ1) is 13.8. The predicted molar refractivity (Wildman–Crippen MR) is 68.2 cm³/mol. The zero-order chi connectivity index (χ0) is 13.5. The van der Waals surface area contributed by atoms with Crippen LogP contribution in [0.25, 0.3) is 0 Å². The number of hydrogen-bond donors (Lipinski definition) is 3. The Bertz CT molecular complexity index is 446. The molecular formula is C12H17N3O3. The van der Waals surface area contributed by atoms with Gasteiger partial charge in [0, 0.05) is 13.5 Å². The SMILES string of the molecule is CNC(=O)CCCOc1c(N)cccc1C(N)=O. The molecule has 0 aliphatic heterocycles. The lowest BCUT2D eigenvalue weighted by Crippen LogP contribution is -2.18. The molecule has 0 bridgehead atoms. The Hall–Kier alpha value is -2.24. The van der Waals surface area contributed by atoms with E-state index in [0.717, 1.165) is 0 Å². The van der Waals surface area contributed by atoms with Crippen molar-refractivity contribution in [1.82, 2.24) is 5.32 Å².